The second-order valence-corrected chi connectivity index (χ2v) is 6.73. The van der Waals surface area contributed by atoms with Gasteiger partial charge in [-0.25, -0.2) is 0 Å². The van der Waals surface area contributed by atoms with E-state index in [9.17, 15) is 0 Å². The topological polar surface area (TPSA) is 12.0 Å². The third-order valence-electron chi connectivity index (χ3n) is 3.77. The van der Waals surface area contributed by atoms with E-state index in [1.165, 1.54) is 22.3 Å². The number of benzene rings is 2. The standard InChI is InChI=1S/C18H21BrClN/c1-4-8-21-18(14-9-15(19)11-16(20)10-14)17-7-5-6-12(2)13(17)3/h5-7,9-11,18,21H,4,8H2,1-3H3. The van der Waals surface area contributed by atoms with Crippen molar-refractivity contribution in [3.63, 3.8) is 0 Å². The lowest BCUT2D eigenvalue weighted by Gasteiger charge is -2.23. The van der Waals surface area contributed by atoms with Crippen molar-refractivity contribution in [3.8, 4) is 0 Å². The molecule has 0 aromatic heterocycles. The Bertz CT molecular complexity index is 604. The van der Waals surface area contributed by atoms with Gasteiger partial charge >= 0.3 is 0 Å². The first-order chi connectivity index (χ1) is 10.0. The quantitative estimate of drug-likeness (QED) is 0.704. The summed E-state index contributed by atoms with van der Waals surface area (Å²) in [4.78, 5) is 0. The Morgan fingerprint density at radius 2 is 1.95 bits per heavy atom. The Morgan fingerprint density at radius 3 is 2.62 bits per heavy atom. The summed E-state index contributed by atoms with van der Waals surface area (Å²) in [6.07, 6.45) is 1.10. The summed E-state index contributed by atoms with van der Waals surface area (Å²) in [6, 6.07) is 12.7. The second kappa shape index (κ2) is 7.44. The van der Waals surface area contributed by atoms with Crippen molar-refractivity contribution in [3.05, 3.63) is 68.1 Å². The van der Waals surface area contributed by atoms with Crippen molar-refractivity contribution >= 4 is 27.5 Å². The van der Waals surface area contributed by atoms with Gasteiger partial charge in [-0.1, -0.05) is 52.7 Å². The molecule has 112 valence electrons. The van der Waals surface area contributed by atoms with E-state index in [0.717, 1.165) is 22.5 Å². The van der Waals surface area contributed by atoms with Gasteiger partial charge in [0, 0.05) is 9.50 Å². The van der Waals surface area contributed by atoms with Crippen molar-refractivity contribution < 1.29 is 0 Å². The molecule has 2 rings (SSSR count). The van der Waals surface area contributed by atoms with Gasteiger partial charge in [0.25, 0.3) is 0 Å². The van der Waals surface area contributed by atoms with Gasteiger partial charge in [0.2, 0.25) is 0 Å². The molecule has 0 amide bonds. The molecule has 2 aromatic rings. The molecule has 0 saturated carbocycles. The average Bonchev–Trinajstić information content (AvgIpc) is 2.42. The molecule has 0 spiro atoms. The van der Waals surface area contributed by atoms with Crippen LogP contribution < -0.4 is 5.32 Å². The highest BCUT2D eigenvalue weighted by Crippen LogP contribution is 2.30. The molecule has 0 aliphatic carbocycles. The molecule has 0 aliphatic rings. The zero-order valence-corrected chi connectivity index (χ0v) is 15.1. The predicted octanol–water partition coefficient (Wildman–Crippen LogP) is 5.81. The van der Waals surface area contributed by atoms with Crippen LogP contribution in [0.3, 0.4) is 0 Å². The maximum atomic E-state index is 6.23. The summed E-state index contributed by atoms with van der Waals surface area (Å²) < 4.78 is 1.01. The molecule has 21 heavy (non-hydrogen) atoms. The van der Waals surface area contributed by atoms with Crippen LogP contribution in [0.25, 0.3) is 0 Å². The molecule has 0 fully saturated rings. The van der Waals surface area contributed by atoms with E-state index >= 15 is 0 Å². The van der Waals surface area contributed by atoms with Crippen LogP contribution in [0.1, 0.15) is 41.6 Å². The van der Waals surface area contributed by atoms with Crippen LogP contribution in [0.15, 0.2) is 40.9 Å². The first-order valence-electron chi connectivity index (χ1n) is 7.28. The van der Waals surface area contributed by atoms with Crippen LogP contribution in [0.4, 0.5) is 0 Å². The highest BCUT2D eigenvalue weighted by molar-refractivity contribution is 9.10. The van der Waals surface area contributed by atoms with Gasteiger partial charge in [-0.3, -0.25) is 0 Å². The van der Waals surface area contributed by atoms with E-state index in [2.05, 4.69) is 66.3 Å². The Morgan fingerprint density at radius 1 is 1.19 bits per heavy atom. The Labute approximate surface area is 140 Å². The molecule has 0 saturated heterocycles. The third kappa shape index (κ3) is 4.09. The van der Waals surface area contributed by atoms with Crippen molar-refractivity contribution in [2.75, 3.05) is 6.54 Å². The highest BCUT2D eigenvalue weighted by Gasteiger charge is 2.17. The molecule has 0 aliphatic heterocycles. The summed E-state index contributed by atoms with van der Waals surface area (Å²) in [5.41, 5.74) is 5.16. The van der Waals surface area contributed by atoms with Crippen LogP contribution >= 0.6 is 27.5 Å². The average molecular weight is 367 g/mol. The molecule has 3 heteroatoms. The Hall–Kier alpha value is -0.830. The fourth-order valence-electron chi connectivity index (χ4n) is 2.52. The number of hydrogen-bond acceptors (Lipinski definition) is 1. The fourth-order valence-corrected chi connectivity index (χ4v) is 3.41. The lowest BCUT2D eigenvalue weighted by molar-refractivity contribution is 0.595. The second-order valence-electron chi connectivity index (χ2n) is 5.38. The minimum absolute atomic E-state index is 0.167. The summed E-state index contributed by atoms with van der Waals surface area (Å²) in [7, 11) is 0. The zero-order chi connectivity index (χ0) is 15.4. The molecular formula is C18H21BrClN. The van der Waals surface area contributed by atoms with E-state index in [1.807, 2.05) is 12.1 Å². The summed E-state index contributed by atoms with van der Waals surface area (Å²) in [6.45, 7) is 7.50. The van der Waals surface area contributed by atoms with Gasteiger partial charge in [-0.05, 0) is 67.3 Å². The molecule has 0 heterocycles. The molecule has 1 N–H and O–H groups in total. The molecule has 0 bridgehead atoms. The largest absolute Gasteiger partial charge is 0.306 e. The third-order valence-corrected chi connectivity index (χ3v) is 4.45. The highest BCUT2D eigenvalue weighted by atomic mass is 79.9. The van der Waals surface area contributed by atoms with E-state index < -0.39 is 0 Å². The first kappa shape index (κ1) is 16.5. The molecule has 0 radical (unpaired) electrons. The van der Waals surface area contributed by atoms with Crippen LogP contribution in [-0.2, 0) is 0 Å². The van der Waals surface area contributed by atoms with Crippen molar-refractivity contribution in [2.24, 2.45) is 0 Å². The van der Waals surface area contributed by atoms with E-state index in [-0.39, 0.29) is 6.04 Å². The van der Waals surface area contributed by atoms with E-state index in [4.69, 9.17) is 11.6 Å². The number of hydrogen-bond donors (Lipinski definition) is 1. The maximum absolute atomic E-state index is 6.23. The zero-order valence-electron chi connectivity index (χ0n) is 12.7. The van der Waals surface area contributed by atoms with Crippen molar-refractivity contribution in [1.29, 1.82) is 0 Å². The van der Waals surface area contributed by atoms with Gasteiger partial charge in [-0.15, -0.1) is 0 Å². The molecular weight excluding hydrogens is 346 g/mol. The Kier molecular flexibility index (Phi) is 5.86. The van der Waals surface area contributed by atoms with Gasteiger partial charge in [0.05, 0.1) is 6.04 Å². The van der Waals surface area contributed by atoms with Crippen LogP contribution in [0.2, 0.25) is 5.02 Å². The first-order valence-corrected chi connectivity index (χ1v) is 8.45. The molecule has 2 aromatic carbocycles. The summed E-state index contributed by atoms with van der Waals surface area (Å²) >= 11 is 9.77. The lowest BCUT2D eigenvalue weighted by atomic mass is 9.92. The number of nitrogens with one attached hydrogen (secondary N) is 1. The normalized spacial score (nSPS) is 12.4. The molecule has 1 nitrogen and oxygen atoms in total. The monoisotopic (exact) mass is 365 g/mol. The van der Waals surface area contributed by atoms with Crippen molar-refractivity contribution in [1.82, 2.24) is 5.32 Å². The van der Waals surface area contributed by atoms with E-state index in [1.54, 1.807) is 0 Å². The molecule has 1 unspecified atom stereocenters. The predicted molar refractivity (Wildman–Crippen MR) is 95.2 cm³/mol. The van der Waals surface area contributed by atoms with Gasteiger partial charge in [-0.2, -0.15) is 0 Å². The Balaban J connectivity index is 2.49. The van der Waals surface area contributed by atoms with Gasteiger partial charge < -0.3 is 5.32 Å². The van der Waals surface area contributed by atoms with Gasteiger partial charge in [0.1, 0.15) is 0 Å². The number of halogens is 2. The van der Waals surface area contributed by atoms with Gasteiger partial charge in [0.15, 0.2) is 0 Å². The number of aryl methyl sites for hydroxylation is 1. The van der Waals surface area contributed by atoms with Crippen LogP contribution in [0, 0.1) is 13.8 Å². The lowest BCUT2D eigenvalue weighted by Crippen LogP contribution is -2.24. The minimum atomic E-state index is 0.167. The van der Waals surface area contributed by atoms with Crippen LogP contribution in [0.5, 0.6) is 0 Å². The minimum Gasteiger partial charge on any atom is -0.306 e. The SMILES string of the molecule is CCCNC(c1cc(Cl)cc(Br)c1)c1cccc(C)c1C. The number of rotatable bonds is 5. The fraction of sp³-hybridized carbons (Fsp3) is 0.333. The van der Waals surface area contributed by atoms with E-state index in [0.29, 0.717) is 0 Å². The van der Waals surface area contributed by atoms with Crippen LogP contribution in [-0.4, -0.2) is 6.54 Å². The summed E-state index contributed by atoms with van der Waals surface area (Å²) in [5, 5.41) is 4.40. The maximum Gasteiger partial charge on any atom is 0.0580 e. The molecule has 1 atom stereocenters. The van der Waals surface area contributed by atoms with Crippen molar-refractivity contribution in [2.45, 2.75) is 33.2 Å². The summed E-state index contributed by atoms with van der Waals surface area (Å²) in [5.74, 6) is 0. The smallest absolute Gasteiger partial charge is 0.0580 e.